The van der Waals surface area contributed by atoms with E-state index in [0.717, 1.165) is 54.8 Å². The molecule has 2 heterocycles. The first-order valence-electron chi connectivity index (χ1n) is 9.95. The third-order valence-electron chi connectivity index (χ3n) is 5.53. The maximum absolute atomic E-state index is 12.6. The number of nitrogens with zero attached hydrogens (tertiary/aromatic N) is 2. The summed E-state index contributed by atoms with van der Waals surface area (Å²) in [5.41, 5.74) is 2.22. The fourth-order valence-corrected chi connectivity index (χ4v) is 3.97. The van der Waals surface area contributed by atoms with Crippen LogP contribution < -0.4 is 14.8 Å². The fourth-order valence-electron chi connectivity index (χ4n) is 3.76. The number of rotatable bonds is 6. The number of carbonyl (C=O) groups is 1. The molecule has 1 N–H and O–H groups in total. The summed E-state index contributed by atoms with van der Waals surface area (Å²) in [6, 6.07) is 13.6. The second kappa shape index (κ2) is 9.03. The number of hydrogen-bond acceptors (Lipinski definition) is 5. The van der Waals surface area contributed by atoms with E-state index in [9.17, 15) is 4.79 Å². The van der Waals surface area contributed by atoms with Gasteiger partial charge in [0, 0.05) is 44.3 Å². The Morgan fingerprint density at radius 3 is 2.66 bits per heavy atom. The van der Waals surface area contributed by atoms with Gasteiger partial charge in [0.25, 0.3) is 0 Å². The SMILES string of the molecule is C[C@@H](C(=O)NCc1ccc2c(c1)OCO2)N1CCN(Cc2cccc(Cl)c2)CC1. The van der Waals surface area contributed by atoms with E-state index in [0.29, 0.717) is 6.54 Å². The van der Waals surface area contributed by atoms with Crippen molar-refractivity contribution in [1.82, 2.24) is 15.1 Å². The lowest BCUT2D eigenvalue weighted by Crippen LogP contribution is -2.53. The van der Waals surface area contributed by atoms with E-state index < -0.39 is 0 Å². The van der Waals surface area contributed by atoms with Crippen LogP contribution in [0.25, 0.3) is 0 Å². The summed E-state index contributed by atoms with van der Waals surface area (Å²) in [5, 5.41) is 3.81. The molecule has 0 unspecified atom stereocenters. The molecule has 4 rings (SSSR count). The van der Waals surface area contributed by atoms with Gasteiger partial charge in [-0.2, -0.15) is 0 Å². The van der Waals surface area contributed by atoms with Gasteiger partial charge in [-0.3, -0.25) is 14.6 Å². The monoisotopic (exact) mass is 415 g/mol. The van der Waals surface area contributed by atoms with Crippen LogP contribution in [0.15, 0.2) is 42.5 Å². The standard InChI is InChI=1S/C22H26ClN3O3/c1-16(22(27)24-13-17-5-6-20-21(12-17)29-15-28-20)26-9-7-25(8-10-26)14-18-3-2-4-19(23)11-18/h2-6,11-12,16H,7-10,13-15H2,1H3,(H,24,27)/t16-/m0/s1. The highest BCUT2D eigenvalue weighted by atomic mass is 35.5. The summed E-state index contributed by atoms with van der Waals surface area (Å²) < 4.78 is 10.7. The molecular formula is C22H26ClN3O3. The van der Waals surface area contributed by atoms with Crippen LogP contribution in [-0.4, -0.2) is 54.7 Å². The molecule has 1 amide bonds. The summed E-state index contributed by atoms with van der Waals surface area (Å²) >= 11 is 6.08. The molecule has 0 bridgehead atoms. The van der Waals surface area contributed by atoms with Crippen LogP contribution in [0.4, 0.5) is 0 Å². The molecule has 2 aromatic rings. The zero-order valence-corrected chi connectivity index (χ0v) is 17.3. The zero-order valence-electron chi connectivity index (χ0n) is 16.6. The lowest BCUT2D eigenvalue weighted by atomic mass is 10.1. The number of benzene rings is 2. The third kappa shape index (κ3) is 5.01. The van der Waals surface area contributed by atoms with Crippen LogP contribution >= 0.6 is 11.6 Å². The predicted molar refractivity (Wildman–Crippen MR) is 112 cm³/mol. The van der Waals surface area contributed by atoms with Crippen molar-refractivity contribution in [3.8, 4) is 11.5 Å². The largest absolute Gasteiger partial charge is 0.454 e. The number of nitrogens with one attached hydrogen (secondary N) is 1. The maximum Gasteiger partial charge on any atom is 0.237 e. The molecule has 6 nitrogen and oxygen atoms in total. The van der Waals surface area contributed by atoms with Crippen molar-refractivity contribution in [3.63, 3.8) is 0 Å². The molecule has 154 valence electrons. The molecule has 1 atom stereocenters. The Labute approximate surface area is 176 Å². The van der Waals surface area contributed by atoms with E-state index in [1.54, 1.807) is 0 Å². The Bertz CT molecular complexity index is 868. The lowest BCUT2D eigenvalue weighted by Gasteiger charge is -2.37. The van der Waals surface area contributed by atoms with Gasteiger partial charge in [0.15, 0.2) is 11.5 Å². The molecule has 29 heavy (non-hydrogen) atoms. The molecule has 1 saturated heterocycles. The van der Waals surface area contributed by atoms with Crippen molar-refractivity contribution >= 4 is 17.5 Å². The second-order valence-corrected chi connectivity index (χ2v) is 7.96. The van der Waals surface area contributed by atoms with E-state index >= 15 is 0 Å². The van der Waals surface area contributed by atoms with Crippen molar-refractivity contribution in [1.29, 1.82) is 0 Å². The molecule has 0 spiro atoms. The van der Waals surface area contributed by atoms with Crippen LogP contribution in [-0.2, 0) is 17.9 Å². The minimum atomic E-state index is -0.155. The molecule has 0 radical (unpaired) electrons. The Kier molecular flexibility index (Phi) is 6.23. The number of fused-ring (bicyclic) bond motifs is 1. The van der Waals surface area contributed by atoms with Gasteiger partial charge < -0.3 is 14.8 Å². The van der Waals surface area contributed by atoms with Gasteiger partial charge in [0.05, 0.1) is 6.04 Å². The number of hydrogen-bond donors (Lipinski definition) is 1. The van der Waals surface area contributed by atoms with Gasteiger partial charge in [-0.25, -0.2) is 0 Å². The smallest absolute Gasteiger partial charge is 0.237 e. The van der Waals surface area contributed by atoms with Gasteiger partial charge in [0.2, 0.25) is 12.7 Å². The van der Waals surface area contributed by atoms with Gasteiger partial charge in [0.1, 0.15) is 0 Å². The molecule has 7 heteroatoms. The molecule has 0 aromatic heterocycles. The van der Waals surface area contributed by atoms with E-state index in [-0.39, 0.29) is 18.7 Å². The first-order chi connectivity index (χ1) is 14.1. The highest BCUT2D eigenvalue weighted by Gasteiger charge is 2.25. The van der Waals surface area contributed by atoms with Crippen LogP contribution in [0.1, 0.15) is 18.1 Å². The average molecular weight is 416 g/mol. The summed E-state index contributed by atoms with van der Waals surface area (Å²) in [7, 11) is 0. The minimum Gasteiger partial charge on any atom is -0.454 e. The van der Waals surface area contributed by atoms with Crippen LogP contribution in [0.2, 0.25) is 5.02 Å². The maximum atomic E-state index is 12.6. The molecular weight excluding hydrogens is 390 g/mol. The minimum absolute atomic E-state index is 0.0472. The topological polar surface area (TPSA) is 54.0 Å². The highest BCUT2D eigenvalue weighted by molar-refractivity contribution is 6.30. The van der Waals surface area contributed by atoms with Crippen LogP contribution in [0, 0.1) is 0 Å². The summed E-state index contributed by atoms with van der Waals surface area (Å²) in [6.07, 6.45) is 0. The Morgan fingerprint density at radius 2 is 1.86 bits per heavy atom. The van der Waals surface area contributed by atoms with E-state index in [4.69, 9.17) is 21.1 Å². The van der Waals surface area contributed by atoms with Crippen molar-refractivity contribution in [3.05, 3.63) is 58.6 Å². The first-order valence-corrected chi connectivity index (χ1v) is 10.3. The number of piperazine rings is 1. The van der Waals surface area contributed by atoms with Crippen LogP contribution in [0.5, 0.6) is 11.5 Å². The average Bonchev–Trinajstić information content (AvgIpc) is 3.20. The summed E-state index contributed by atoms with van der Waals surface area (Å²) in [6.45, 7) is 7.22. The zero-order chi connectivity index (χ0) is 20.2. The fraction of sp³-hybridized carbons (Fsp3) is 0.409. The normalized spacial score (nSPS) is 17.9. The second-order valence-electron chi connectivity index (χ2n) is 7.52. The molecule has 0 aliphatic carbocycles. The molecule has 0 saturated carbocycles. The quantitative estimate of drug-likeness (QED) is 0.786. The number of amides is 1. The Balaban J connectivity index is 1.23. The Hall–Kier alpha value is -2.28. The van der Waals surface area contributed by atoms with E-state index in [2.05, 4.69) is 21.2 Å². The summed E-state index contributed by atoms with van der Waals surface area (Å²) in [5.74, 6) is 1.54. The third-order valence-corrected chi connectivity index (χ3v) is 5.77. The van der Waals surface area contributed by atoms with Crippen molar-refractivity contribution in [2.75, 3.05) is 33.0 Å². The van der Waals surface area contributed by atoms with Crippen LogP contribution in [0.3, 0.4) is 0 Å². The van der Waals surface area contributed by atoms with E-state index in [1.807, 2.05) is 43.3 Å². The van der Waals surface area contributed by atoms with Gasteiger partial charge in [-0.15, -0.1) is 0 Å². The molecule has 2 aromatic carbocycles. The first kappa shape index (κ1) is 20.0. The van der Waals surface area contributed by atoms with Crippen molar-refractivity contribution < 1.29 is 14.3 Å². The number of carbonyl (C=O) groups excluding carboxylic acids is 1. The predicted octanol–water partition coefficient (Wildman–Crippen LogP) is 2.89. The van der Waals surface area contributed by atoms with Crippen molar-refractivity contribution in [2.45, 2.75) is 26.1 Å². The Morgan fingerprint density at radius 1 is 1.07 bits per heavy atom. The molecule has 2 aliphatic rings. The van der Waals surface area contributed by atoms with Crippen molar-refractivity contribution in [2.24, 2.45) is 0 Å². The van der Waals surface area contributed by atoms with Gasteiger partial charge >= 0.3 is 0 Å². The van der Waals surface area contributed by atoms with E-state index in [1.165, 1.54) is 5.56 Å². The molecule has 2 aliphatic heterocycles. The highest BCUT2D eigenvalue weighted by Crippen LogP contribution is 2.32. The number of ether oxygens (including phenoxy) is 2. The lowest BCUT2D eigenvalue weighted by molar-refractivity contribution is -0.126. The summed E-state index contributed by atoms with van der Waals surface area (Å²) in [4.78, 5) is 17.3. The van der Waals surface area contributed by atoms with Gasteiger partial charge in [-0.05, 0) is 42.3 Å². The number of halogens is 1. The van der Waals surface area contributed by atoms with Gasteiger partial charge in [-0.1, -0.05) is 29.8 Å². The molecule has 1 fully saturated rings.